The van der Waals surface area contributed by atoms with Crippen LogP contribution in [0.1, 0.15) is 11.3 Å². The Morgan fingerprint density at radius 2 is 1.66 bits per heavy atom. The number of benzene rings is 3. The zero-order chi connectivity index (χ0) is 24.9. The van der Waals surface area contributed by atoms with Gasteiger partial charge in [0.15, 0.2) is 0 Å². The Bertz CT molecular complexity index is 1380. The van der Waals surface area contributed by atoms with Gasteiger partial charge < -0.3 is 15.5 Å². The number of rotatable bonds is 6. The summed E-state index contributed by atoms with van der Waals surface area (Å²) in [6.45, 7) is 6.93. The molecule has 1 aromatic heterocycles. The third-order valence-corrected chi connectivity index (χ3v) is 6.58. The molecule has 6 nitrogen and oxygen atoms in total. The SMILES string of the molecule is Cc1ccc2c(N3CCN(CCc4cccc(NC(=O)Nc5ccccc5F)c4)CC3)cccc2n1.Cl.Cl. The predicted molar refractivity (Wildman–Crippen MR) is 159 cm³/mol. The fraction of sp³-hybridized carbons (Fsp3) is 0.241. The number of fused-ring (bicyclic) bond motifs is 1. The van der Waals surface area contributed by atoms with Crippen LogP contribution in [0.2, 0.25) is 0 Å². The van der Waals surface area contributed by atoms with Crippen LogP contribution in [-0.4, -0.2) is 48.6 Å². The van der Waals surface area contributed by atoms with E-state index in [1.165, 1.54) is 23.2 Å². The van der Waals surface area contributed by atoms with E-state index in [1.54, 1.807) is 12.1 Å². The van der Waals surface area contributed by atoms with Crippen molar-refractivity contribution in [3.05, 3.63) is 95.9 Å². The lowest BCUT2D eigenvalue weighted by atomic mass is 10.1. The molecule has 4 aromatic rings. The highest BCUT2D eigenvalue weighted by Crippen LogP contribution is 2.27. The maximum absolute atomic E-state index is 13.8. The number of pyridine rings is 1. The summed E-state index contributed by atoms with van der Waals surface area (Å²) in [5.41, 5.74) is 5.33. The molecule has 0 spiro atoms. The summed E-state index contributed by atoms with van der Waals surface area (Å²) in [6, 6.07) is 24.1. The van der Waals surface area contributed by atoms with Crippen LogP contribution in [0.4, 0.5) is 26.2 Å². The van der Waals surface area contributed by atoms with E-state index >= 15 is 0 Å². The van der Waals surface area contributed by atoms with Gasteiger partial charge in [-0.05, 0) is 67.4 Å². The van der Waals surface area contributed by atoms with Gasteiger partial charge in [0.2, 0.25) is 0 Å². The van der Waals surface area contributed by atoms with E-state index in [4.69, 9.17) is 0 Å². The molecule has 0 saturated carbocycles. The molecule has 1 saturated heterocycles. The third kappa shape index (κ3) is 7.13. The first-order valence-corrected chi connectivity index (χ1v) is 12.3. The minimum Gasteiger partial charge on any atom is -0.368 e. The van der Waals surface area contributed by atoms with Crippen molar-refractivity contribution in [1.82, 2.24) is 9.88 Å². The van der Waals surface area contributed by atoms with Crippen molar-refractivity contribution in [1.29, 1.82) is 0 Å². The van der Waals surface area contributed by atoms with Gasteiger partial charge in [0.05, 0.1) is 11.2 Å². The molecule has 2 amide bonds. The zero-order valence-corrected chi connectivity index (χ0v) is 22.8. The largest absolute Gasteiger partial charge is 0.368 e. The number of carbonyl (C=O) groups is 1. The second-order valence-corrected chi connectivity index (χ2v) is 9.13. The number of piperazine rings is 1. The Morgan fingerprint density at radius 3 is 2.45 bits per heavy atom. The summed E-state index contributed by atoms with van der Waals surface area (Å²) < 4.78 is 13.8. The molecule has 3 aromatic carbocycles. The lowest BCUT2D eigenvalue weighted by molar-refractivity contribution is 0.261. The number of hydrogen-bond donors (Lipinski definition) is 2. The van der Waals surface area contributed by atoms with Crippen molar-refractivity contribution in [3.63, 3.8) is 0 Å². The molecular weight excluding hydrogens is 524 g/mol. The minimum absolute atomic E-state index is 0. The molecule has 0 radical (unpaired) electrons. The zero-order valence-electron chi connectivity index (χ0n) is 21.2. The van der Waals surface area contributed by atoms with Gasteiger partial charge in [-0.25, -0.2) is 9.18 Å². The van der Waals surface area contributed by atoms with Gasteiger partial charge in [0.1, 0.15) is 5.82 Å². The number of nitrogens with one attached hydrogen (secondary N) is 2. The van der Waals surface area contributed by atoms with Crippen molar-refractivity contribution in [3.8, 4) is 0 Å². The van der Waals surface area contributed by atoms with E-state index in [0.29, 0.717) is 5.69 Å². The van der Waals surface area contributed by atoms with Crippen molar-refractivity contribution in [2.45, 2.75) is 13.3 Å². The van der Waals surface area contributed by atoms with Crippen LogP contribution >= 0.6 is 24.8 Å². The average Bonchev–Trinajstić information content (AvgIpc) is 2.89. The number of carbonyl (C=O) groups excluding carboxylic acids is 1. The van der Waals surface area contributed by atoms with Crippen molar-refractivity contribution >= 4 is 58.8 Å². The molecule has 1 aliphatic rings. The maximum atomic E-state index is 13.8. The van der Waals surface area contributed by atoms with Gasteiger partial charge in [0, 0.05) is 55.2 Å². The first-order chi connectivity index (χ1) is 17.5. The summed E-state index contributed by atoms with van der Waals surface area (Å²) in [5.74, 6) is -0.464. The van der Waals surface area contributed by atoms with Crippen LogP contribution in [0.25, 0.3) is 10.9 Å². The number of halogens is 3. The summed E-state index contributed by atoms with van der Waals surface area (Å²) in [6.07, 6.45) is 0.891. The van der Waals surface area contributed by atoms with Gasteiger partial charge in [-0.3, -0.25) is 9.88 Å². The standard InChI is InChI=1S/C29H30FN5O.2ClH/c1-21-12-13-24-26(31-21)10-5-11-28(24)35-18-16-34(17-19-35)15-14-22-6-4-7-23(20-22)32-29(36)33-27-9-3-2-8-25(27)30;;/h2-13,20H,14-19H2,1H3,(H2,32,33,36);2*1H. The minimum atomic E-state index is -0.466. The number of urea groups is 1. The lowest BCUT2D eigenvalue weighted by Gasteiger charge is -2.36. The third-order valence-electron chi connectivity index (χ3n) is 6.58. The predicted octanol–water partition coefficient (Wildman–Crippen LogP) is 6.53. The van der Waals surface area contributed by atoms with E-state index in [0.717, 1.165) is 55.9 Å². The second-order valence-electron chi connectivity index (χ2n) is 9.13. The molecule has 2 heterocycles. The normalized spacial score (nSPS) is 13.4. The quantitative estimate of drug-likeness (QED) is 0.283. The fourth-order valence-corrected chi connectivity index (χ4v) is 4.67. The van der Waals surface area contributed by atoms with Crippen molar-refractivity contribution < 1.29 is 9.18 Å². The Hall–Kier alpha value is -3.39. The van der Waals surface area contributed by atoms with E-state index in [1.807, 2.05) is 25.1 Å². The van der Waals surface area contributed by atoms with E-state index in [2.05, 4.69) is 61.8 Å². The highest BCUT2D eigenvalue weighted by atomic mass is 35.5. The molecular formula is C29H32Cl2FN5O. The topological polar surface area (TPSA) is 60.5 Å². The summed E-state index contributed by atoms with van der Waals surface area (Å²) >= 11 is 0. The van der Waals surface area contributed by atoms with Crippen LogP contribution in [-0.2, 0) is 6.42 Å². The first-order valence-electron chi connectivity index (χ1n) is 12.3. The summed E-state index contributed by atoms with van der Waals surface area (Å²) in [7, 11) is 0. The maximum Gasteiger partial charge on any atom is 0.323 e. The van der Waals surface area contributed by atoms with E-state index < -0.39 is 11.8 Å². The second kappa shape index (κ2) is 13.4. The first kappa shape index (κ1) is 29.2. The van der Waals surface area contributed by atoms with Gasteiger partial charge in [0.25, 0.3) is 0 Å². The molecule has 38 heavy (non-hydrogen) atoms. The number of aromatic nitrogens is 1. The number of nitrogens with zero attached hydrogens (tertiary/aromatic N) is 3. The fourth-order valence-electron chi connectivity index (χ4n) is 4.67. The van der Waals surface area contributed by atoms with Crippen molar-refractivity contribution in [2.24, 2.45) is 0 Å². The Balaban J connectivity index is 0.00000200. The molecule has 5 rings (SSSR count). The monoisotopic (exact) mass is 555 g/mol. The Labute approximate surface area is 235 Å². The highest BCUT2D eigenvalue weighted by molar-refractivity contribution is 5.99. The molecule has 2 N–H and O–H groups in total. The molecule has 0 aliphatic carbocycles. The van der Waals surface area contributed by atoms with Gasteiger partial charge >= 0.3 is 6.03 Å². The van der Waals surface area contributed by atoms with Crippen molar-refractivity contribution in [2.75, 3.05) is 48.3 Å². The van der Waals surface area contributed by atoms with Crippen LogP contribution in [0.15, 0.2) is 78.9 Å². The van der Waals surface area contributed by atoms with Gasteiger partial charge in [-0.1, -0.05) is 30.3 Å². The number of para-hydroxylation sites is 1. The molecule has 200 valence electrons. The number of hydrogen-bond acceptors (Lipinski definition) is 4. The summed E-state index contributed by atoms with van der Waals surface area (Å²) in [5, 5.41) is 6.56. The van der Waals surface area contributed by atoms with Crippen LogP contribution in [0.5, 0.6) is 0 Å². The van der Waals surface area contributed by atoms with Crippen LogP contribution in [0, 0.1) is 12.7 Å². The smallest absolute Gasteiger partial charge is 0.323 e. The molecule has 9 heteroatoms. The number of anilines is 3. The van der Waals surface area contributed by atoms with Gasteiger partial charge in [-0.15, -0.1) is 24.8 Å². The molecule has 0 bridgehead atoms. The highest BCUT2D eigenvalue weighted by Gasteiger charge is 2.19. The van der Waals surface area contributed by atoms with E-state index in [9.17, 15) is 9.18 Å². The van der Waals surface area contributed by atoms with E-state index in [-0.39, 0.29) is 30.5 Å². The number of aryl methyl sites for hydroxylation is 1. The molecule has 1 fully saturated rings. The van der Waals surface area contributed by atoms with Gasteiger partial charge in [-0.2, -0.15) is 0 Å². The van der Waals surface area contributed by atoms with Crippen LogP contribution < -0.4 is 15.5 Å². The molecule has 0 unspecified atom stereocenters. The Kier molecular flexibility index (Phi) is 10.3. The Morgan fingerprint density at radius 1 is 0.895 bits per heavy atom. The number of amides is 2. The molecule has 1 aliphatic heterocycles. The lowest BCUT2D eigenvalue weighted by Crippen LogP contribution is -2.47. The molecule has 0 atom stereocenters. The average molecular weight is 557 g/mol. The summed E-state index contributed by atoms with van der Waals surface area (Å²) in [4.78, 5) is 21.9. The van der Waals surface area contributed by atoms with Crippen LogP contribution in [0.3, 0.4) is 0 Å².